The third-order valence-electron chi connectivity index (χ3n) is 0.752. The van der Waals surface area contributed by atoms with Crippen molar-refractivity contribution < 1.29 is 0 Å². The average molecular weight is 268 g/mol. The lowest BCUT2D eigenvalue weighted by Gasteiger charge is -1.63. The fraction of sp³-hybridized carbons (Fsp3) is 0. The summed E-state index contributed by atoms with van der Waals surface area (Å²) in [4.78, 5) is 0. The number of thiol groups is 3. The van der Waals surface area contributed by atoms with E-state index in [1.807, 2.05) is 0 Å². The number of rotatable bonds is 0. The molecule has 70 valence electrons. The van der Waals surface area contributed by atoms with E-state index in [9.17, 15) is 0 Å². The van der Waals surface area contributed by atoms with Crippen LogP contribution in [0.2, 0.25) is 0 Å². The van der Waals surface area contributed by atoms with Crippen molar-refractivity contribution >= 4 is 60.6 Å². The van der Waals surface area contributed by atoms with Gasteiger partial charge in [-0.2, -0.15) is 0 Å². The van der Waals surface area contributed by atoms with Crippen LogP contribution in [0.5, 0.6) is 0 Å². The van der Waals surface area contributed by atoms with Crippen LogP contribution in [0.4, 0.5) is 0 Å². The van der Waals surface area contributed by atoms with Gasteiger partial charge < -0.3 is 0 Å². The van der Waals surface area contributed by atoms with Crippen LogP contribution >= 0.6 is 60.6 Å². The molecule has 0 aliphatic rings. The third-order valence-corrected chi connectivity index (χ3v) is 2.91. The quantitative estimate of drug-likeness (QED) is 0.639. The van der Waals surface area contributed by atoms with E-state index in [1.165, 1.54) is 22.7 Å². The van der Waals surface area contributed by atoms with Crippen LogP contribution in [0.3, 0.4) is 0 Å². The van der Waals surface area contributed by atoms with E-state index >= 15 is 0 Å². The largest absolute Gasteiger partial charge is 0.172 e. The van der Waals surface area contributed by atoms with Gasteiger partial charge >= 0.3 is 0 Å². The summed E-state index contributed by atoms with van der Waals surface area (Å²) in [7, 11) is 0. The molecule has 0 saturated carbocycles. The molecule has 2 aromatic heterocycles. The first-order valence-electron chi connectivity index (χ1n) is 2.85. The molecule has 0 amide bonds. The van der Waals surface area contributed by atoms with Gasteiger partial charge in [0.25, 0.3) is 0 Å². The molecular formula is C4H4N4S5. The Labute approximate surface area is 99.1 Å². The van der Waals surface area contributed by atoms with E-state index < -0.39 is 0 Å². The molecule has 9 heteroatoms. The molecular weight excluding hydrogens is 264 g/mol. The van der Waals surface area contributed by atoms with Crippen LogP contribution in [0, 0.1) is 0 Å². The van der Waals surface area contributed by atoms with Gasteiger partial charge in [-0.3, -0.25) is 0 Å². The lowest BCUT2D eigenvalue weighted by molar-refractivity contribution is 0.960. The number of aromatic nitrogens is 4. The molecule has 2 rings (SSSR count). The molecule has 0 atom stereocenters. The number of nitrogens with zero attached hydrogens (tertiary/aromatic N) is 4. The molecule has 0 fully saturated rings. The zero-order chi connectivity index (χ0) is 9.68. The van der Waals surface area contributed by atoms with E-state index in [0.29, 0.717) is 8.68 Å². The van der Waals surface area contributed by atoms with Gasteiger partial charge in [-0.1, -0.05) is 22.7 Å². The average Bonchev–Trinajstić information content (AvgIpc) is 2.64. The second-order valence-electron chi connectivity index (χ2n) is 1.59. The summed E-state index contributed by atoms with van der Waals surface area (Å²) in [5.74, 6) is 0. The lowest BCUT2D eigenvalue weighted by Crippen LogP contribution is -1.62. The zero-order valence-corrected chi connectivity index (χ0v) is 10.3. The van der Waals surface area contributed by atoms with Gasteiger partial charge in [-0.25, -0.2) is 0 Å². The minimum absolute atomic E-state index is 0.657. The molecule has 0 aliphatic carbocycles. The van der Waals surface area contributed by atoms with E-state index in [2.05, 4.69) is 58.3 Å². The summed E-state index contributed by atoms with van der Waals surface area (Å²) < 4.78 is 2.03. The smallest absolute Gasteiger partial charge is 0.146 e. The summed E-state index contributed by atoms with van der Waals surface area (Å²) in [6.45, 7) is 0. The fourth-order valence-corrected chi connectivity index (χ4v) is 2.00. The maximum absolute atomic E-state index is 3.90. The molecule has 2 aromatic rings. The van der Waals surface area contributed by atoms with E-state index in [4.69, 9.17) is 0 Å². The molecule has 0 aliphatic heterocycles. The Hall–Kier alpha value is 0.170. The maximum Gasteiger partial charge on any atom is 0.172 e. The summed E-state index contributed by atoms with van der Waals surface area (Å²) in [6.07, 6.45) is 0. The van der Waals surface area contributed by atoms with E-state index in [0.717, 1.165) is 4.34 Å². The Morgan fingerprint density at radius 1 is 0.923 bits per heavy atom. The molecule has 0 aromatic carbocycles. The predicted octanol–water partition coefficient (Wildman–Crippen LogP) is 1.94. The molecule has 0 radical (unpaired) electrons. The fourth-order valence-electron chi connectivity index (χ4n) is 0.375. The lowest BCUT2D eigenvalue weighted by atomic mass is 11.6. The van der Waals surface area contributed by atoms with Crippen LogP contribution in [0.15, 0.2) is 18.5 Å². The molecule has 2 heterocycles. The highest BCUT2D eigenvalue weighted by atomic mass is 32.2. The second kappa shape index (κ2) is 5.81. The highest BCUT2D eigenvalue weighted by Gasteiger charge is 1.90. The summed E-state index contributed by atoms with van der Waals surface area (Å²) in [6, 6.07) is 0. The van der Waals surface area contributed by atoms with E-state index in [1.54, 1.807) is 5.51 Å². The SMILES string of the molecule is Sc1nnc(S)s1.Sc1nncs1. The summed E-state index contributed by atoms with van der Waals surface area (Å²) in [5, 5.41) is 14.2. The molecule has 4 nitrogen and oxygen atoms in total. The number of hydrogen-bond donors (Lipinski definition) is 3. The van der Waals surface area contributed by atoms with Gasteiger partial charge in [-0.05, 0) is 0 Å². The first-order chi connectivity index (χ1) is 6.18. The van der Waals surface area contributed by atoms with Crippen molar-refractivity contribution in [2.24, 2.45) is 0 Å². The standard InChI is InChI=1S/C2H2N2S3.C2H2N2S2/c5-1-3-4-2(6)7-1;5-2-4-3-1-6-2/h(H,3,5)(H,4,6);1H,(H,4,5). The molecule has 0 saturated heterocycles. The van der Waals surface area contributed by atoms with Gasteiger partial charge in [0, 0.05) is 0 Å². The van der Waals surface area contributed by atoms with Gasteiger partial charge in [0.1, 0.15) is 5.51 Å². The van der Waals surface area contributed by atoms with Gasteiger partial charge in [-0.15, -0.1) is 58.3 Å². The highest BCUT2D eigenvalue weighted by molar-refractivity contribution is 7.85. The molecule has 0 spiro atoms. The van der Waals surface area contributed by atoms with Gasteiger partial charge in [0.05, 0.1) is 0 Å². The zero-order valence-electron chi connectivity index (χ0n) is 6.02. The van der Waals surface area contributed by atoms with Crippen LogP contribution in [0.25, 0.3) is 0 Å². The topological polar surface area (TPSA) is 51.6 Å². The third kappa shape index (κ3) is 4.81. The molecule has 0 unspecified atom stereocenters. The summed E-state index contributed by atoms with van der Waals surface area (Å²) in [5.41, 5.74) is 1.64. The van der Waals surface area contributed by atoms with E-state index in [-0.39, 0.29) is 0 Å². The van der Waals surface area contributed by atoms with Crippen molar-refractivity contribution in [3.63, 3.8) is 0 Å². The predicted molar refractivity (Wildman–Crippen MR) is 61.6 cm³/mol. The van der Waals surface area contributed by atoms with Crippen molar-refractivity contribution in [1.82, 2.24) is 20.4 Å². The van der Waals surface area contributed by atoms with Crippen molar-refractivity contribution in [1.29, 1.82) is 0 Å². The molecule has 0 N–H and O–H groups in total. The maximum atomic E-state index is 3.90. The van der Waals surface area contributed by atoms with Crippen molar-refractivity contribution in [3.05, 3.63) is 5.51 Å². The first-order valence-corrected chi connectivity index (χ1v) is 5.89. The van der Waals surface area contributed by atoms with Crippen LogP contribution in [-0.2, 0) is 0 Å². The number of hydrogen-bond acceptors (Lipinski definition) is 9. The molecule has 13 heavy (non-hydrogen) atoms. The van der Waals surface area contributed by atoms with Crippen LogP contribution < -0.4 is 0 Å². The van der Waals surface area contributed by atoms with Gasteiger partial charge in [0.2, 0.25) is 0 Å². The highest BCUT2D eigenvalue weighted by Crippen LogP contribution is 2.15. The van der Waals surface area contributed by atoms with Crippen molar-refractivity contribution in [2.75, 3.05) is 0 Å². The Morgan fingerprint density at radius 3 is 1.69 bits per heavy atom. The Balaban J connectivity index is 0.000000132. The van der Waals surface area contributed by atoms with Crippen LogP contribution in [0.1, 0.15) is 0 Å². The second-order valence-corrected chi connectivity index (χ2v) is 5.58. The molecule has 0 bridgehead atoms. The minimum Gasteiger partial charge on any atom is -0.146 e. The normalized spacial score (nSPS) is 9.15. The summed E-state index contributed by atoms with van der Waals surface area (Å²) >= 11 is 14.5. The van der Waals surface area contributed by atoms with Crippen LogP contribution in [-0.4, -0.2) is 20.4 Å². The Bertz CT molecular complexity index is 327. The van der Waals surface area contributed by atoms with Crippen molar-refractivity contribution in [2.45, 2.75) is 13.0 Å². The monoisotopic (exact) mass is 268 g/mol. The Kier molecular flexibility index (Phi) is 5.02. The minimum atomic E-state index is 0.657. The van der Waals surface area contributed by atoms with Gasteiger partial charge in [0.15, 0.2) is 13.0 Å². The van der Waals surface area contributed by atoms with Crippen molar-refractivity contribution in [3.8, 4) is 0 Å². The first kappa shape index (κ1) is 11.2. The Morgan fingerprint density at radius 2 is 1.54 bits per heavy atom.